The van der Waals surface area contributed by atoms with Crippen molar-refractivity contribution in [2.45, 2.75) is 12.3 Å². The summed E-state index contributed by atoms with van der Waals surface area (Å²) in [6.07, 6.45) is 1.72. The third-order valence-electron chi connectivity index (χ3n) is 2.26. The number of pyridine rings is 1. The SMILES string of the molecule is Cc1ccc(Oc2ccc(CBr)cc2Br)cn1. The number of aromatic nitrogens is 1. The topological polar surface area (TPSA) is 22.1 Å². The van der Waals surface area contributed by atoms with Crippen LogP contribution in [0.5, 0.6) is 11.5 Å². The third-order valence-corrected chi connectivity index (χ3v) is 3.53. The maximum Gasteiger partial charge on any atom is 0.145 e. The molecule has 17 heavy (non-hydrogen) atoms. The Hall–Kier alpha value is -0.870. The standard InChI is InChI=1S/C13H11Br2NO/c1-9-2-4-11(8-16-9)17-13-5-3-10(7-14)6-12(13)15/h2-6,8H,7H2,1H3. The quantitative estimate of drug-likeness (QED) is 0.734. The summed E-state index contributed by atoms with van der Waals surface area (Å²) in [4.78, 5) is 4.19. The molecule has 0 saturated heterocycles. The molecule has 0 N–H and O–H groups in total. The van der Waals surface area contributed by atoms with Gasteiger partial charge in [-0.05, 0) is 52.7 Å². The first kappa shape index (κ1) is 12.6. The maximum atomic E-state index is 5.74. The molecule has 0 amide bonds. The van der Waals surface area contributed by atoms with Crippen LogP contribution in [-0.4, -0.2) is 4.98 Å². The zero-order chi connectivity index (χ0) is 12.3. The van der Waals surface area contributed by atoms with Gasteiger partial charge in [0.15, 0.2) is 0 Å². The van der Waals surface area contributed by atoms with Gasteiger partial charge in [0, 0.05) is 11.0 Å². The van der Waals surface area contributed by atoms with Gasteiger partial charge in [0.25, 0.3) is 0 Å². The number of hydrogen-bond donors (Lipinski definition) is 0. The van der Waals surface area contributed by atoms with E-state index in [9.17, 15) is 0 Å². The first-order valence-corrected chi connectivity index (χ1v) is 7.05. The van der Waals surface area contributed by atoms with E-state index in [1.807, 2.05) is 37.3 Å². The van der Waals surface area contributed by atoms with E-state index < -0.39 is 0 Å². The molecule has 88 valence electrons. The minimum absolute atomic E-state index is 0.739. The zero-order valence-electron chi connectivity index (χ0n) is 9.28. The van der Waals surface area contributed by atoms with Gasteiger partial charge in [-0.15, -0.1) is 0 Å². The molecule has 2 rings (SSSR count). The molecule has 0 unspecified atom stereocenters. The molecule has 0 saturated carbocycles. The summed E-state index contributed by atoms with van der Waals surface area (Å²) in [7, 11) is 0. The Morgan fingerprint density at radius 2 is 2.06 bits per heavy atom. The minimum Gasteiger partial charge on any atom is -0.455 e. The second-order valence-corrected chi connectivity index (χ2v) is 5.05. The summed E-state index contributed by atoms with van der Waals surface area (Å²) in [5.41, 5.74) is 2.18. The van der Waals surface area contributed by atoms with Crippen LogP contribution in [0.1, 0.15) is 11.3 Å². The van der Waals surface area contributed by atoms with Crippen LogP contribution in [0.4, 0.5) is 0 Å². The number of ether oxygens (including phenoxy) is 1. The van der Waals surface area contributed by atoms with Crippen LogP contribution < -0.4 is 4.74 Å². The fourth-order valence-corrected chi connectivity index (χ4v) is 2.21. The van der Waals surface area contributed by atoms with Gasteiger partial charge >= 0.3 is 0 Å². The predicted molar refractivity (Wildman–Crippen MR) is 75.8 cm³/mol. The van der Waals surface area contributed by atoms with Crippen LogP contribution in [0, 0.1) is 6.92 Å². The van der Waals surface area contributed by atoms with Crippen molar-refractivity contribution >= 4 is 31.9 Å². The molecule has 1 aromatic heterocycles. The maximum absolute atomic E-state index is 5.74. The lowest BCUT2D eigenvalue weighted by atomic mass is 10.2. The van der Waals surface area contributed by atoms with Gasteiger partial charge in [0.05, 0.1) is 10.7 Å². The fraction of sp³-hybridized carbons (Fsp3) is 0.154. The van der Waals surface area contributed by atoms with E-state index >= 15 is 0 Å². The number of halogens is 2. The van der Waals surface area contributed by atoms with Gasteiger partial charge in [-0.2, -0.15) is 0 Å². The van der Waals surface area contributed by atoms with Gasteiger partial charge < -0.3 is 4.74 Å². The monoisotopic (exact) mass is 355 g/mol. The predicted octanol–water partition coefficient (Wildman–Crippen LogP) is 4.84. The lowest BCUT2D eigenvalue weighted by Gasteiger charge is -2.08. The highest BCUT2D eigenvalue weighted by Gasteiger charge is 2.04. The van der Waals surface area contributed by atoms with Crippen LogP contribution in [0.25, 0.3) is 0 Å². The summed E-state index contributed by atoms with van der Waals surface area (Å²) >= 11 is 6.91. The van der Waals surface area contributed by atoms with E-state index in [1.54, 1.807) is 6.20 Å². The van der Waals surface area contributed by atoms with Crippen LogP contribution >= 0.6 is 31.9 Å². The van der Waals surface area contributed by atoms with Crippen LogP contribution in [0.3, 0.4) is 0 Å². The molecule has 0 aliphatic heterocycles. The van der Waals surface area contributed by atoms with Crippen LogP contribution in [0.2, 0.25) is 0 Å². The molecule has 0 bridgehead atoms. The third kappa shape index (κ3) is 3.30. The molecule has 2 nitrogen and oxygen atoms in total. The van der Waals surface area contributed by atoms with Crippen molar-refractivity contribution in [3.8, 4) is 11.5 Å². The van der Waals surface area contributed by atoms with Crippen molar-refractivity contribution in [3.05, 3.63) is 52.3 Å². The number of hydrogen-bond acceptors (Lipinski definition) is 2. The van der Waals surface area contributed by atoms with Gasteiger partial charge in [0.2, 0.25) is 0 Å². The zero-order valence-corrected chi connectivity index (χ0v) is 12.5. The lowest BCUT2D eigenvalue weighted by Crippen LogP contribution is -1.88. The van der Waals surface area contributed by atoms with E-state index in [4.69, 9.17) is 4.74 Å². The Labute approximate surface area is 117 Å². The molecular weight excluding hydrogens is 346 g/mol. The second-order valence-electron chi connectivity index (χ2n) is 3.64. The highest BCUT2D eigenvalue weighted by Crippen LogP contribution is 2.30. The number of rotatable bonds is 3. The van der Waals surface area contributed by atoms with Crippen molar-refractivity contribution in [1.29, 1.82) is 0 Å². The molecule has 0 aliphatic rings. The van der Waals surface area contributed by atoms with Crippen molar-refractivity contribution in [3.63, 3.8) is 0 Å². The van der Waals surface area contributed by atoms with E-state index in [0.29, 0.717) is 0 Å². The molecule has 0 spiro atoms. The molecule has 0 radical (unpaired) electrons. The van der Waals surface area contributed by atoms with Crippen molar-refractivity contribution in [2.75, 3.05) is 0 Å². The van der Waals surface area contributed by atoms with Gasteiger partial charge in [0.1, 0.15) is 11.5 Å². The van der Waals surface area contributed by atoms with E-state index in [1.165, 1.54) is 5.56 Å². The minimum atomic E-state index is 0.739. The molecule has 2 aromatic rings. The highest BCUT2D eigenvalue weighted by molar-refractivity contribution is 9.10. The highest BCUT2D eigenvalue weighted by atomic mass is 79.9. The van der Waals surface area contributed by atoms with Gasteiger partial charge in [-0.1, -0.05) is 22.0 Å². The number of aryl methyl sites for hydroxylation is 1. The Bertz CT molecular complexity index is 511. The summed E-state index contributed by atoms with van der Waals surface area (Å²) in [6, 6.07) is 9.84. The van der Waals surface area contributed by atoms with E-state index in [2.05, 4.69) is 36.8 Å². The van der Waals surface area contributed by atoms with E-state index in [0.717, 1.165) is 27.0 Å². The number of benzene rings is 1. The van der Waals surface area contributed by atoms with Gasteiger partial charge in [-0.3, -0.25) is 4.98 Å². The molecule has 1 aromatic carbocycles. The van der Waals surface area contributed by atoms with Gasteiger partial charge in [-0.25, -0.2) is 0 Å². The Kier molecular flexibility index (Phi) is 4.18. The number of nitrogens with zero attached hydrogens (tertiary/aromatic N) is 1. The molecular formula is C13H11Br2NO. The Balaban J connectivity index is 2.21. The van der Waals surface area contributed by atoms with Crippen LogP contribution in [0.15, 0.2) is 41.0 Å². The molecule has 0 aliphatic carbocycles. The summed E-state index contributed by atoms with van der Waals surface area (Å²) in [5, 5.41) is 0.831. The summed E-state index contributed by atoms with van der Waals surface area (Å²) < 4.78 is 6.68. The average Bonchev–Trinajstić information content (AvgIpc) is 2.34. The molecule has 0 atom stereocenters. The summed E-state index contributed by atoms with van der Waals surface area (Å²) in [6.45, 7) is 1.95. The summed E-state index contributed by atoms with van der Waals surface area (Å²) in [5.74, 6) is 1.53. The van der Waals surface area contributed by atoms with Crippen LogP contribution in [-0.2, 0) is 5.33 Å². The fourth-order valence-electron chi connectivity index (χ4n) is 1.35. The largest absolute Gasteiger partial charge is 0.455 e. The molecule has 4 heteroatoms. The number of alkyl halides is 1. The average molecular weight is 357 g/mol. The smallest absolute Gasteiger partial charge is 0.145 e. The first-order chi connectivity index (χ1) is 8.19. The molecule has 0 fully saturated rings. The van der Waals surface area contributed by atoms with Crippen molar-refractivity contribution in [1.82, 2.24) is 4.98 Å². The van der Waals surface area contributed by atoms with Crippen molar-refractivity contribution in [2.24, 2.45) is 0 Å². The van der Waals surface area contributed by atoms with Crippen molar-refractivity contribution < 1.29 is 4.74 Å². The Morgan fingerprint density at radius 1 is 1.24 bits per heavy atom. The lowest BCUT2D eigenvalue weighted by molar-refractivity contribution is 0.477. The second kappa shape index (κ2) is 5.65. The normalized spacial score (nSPS) is 10.3. The van der Waals surface area contributed by atoms with E-state index in [-0.39, 0.29) is 0 Å². The molecule has 1 heterocycles. The first-order valence-electron chi connectivity index (χ1n) is 5.14. The Morgan fingerprint density at radius 3 is 2.65 bits per heavy atom.